The maximum absolute atomic E-state index is 10.9. The Bertz CT molecular complexity index is 580. The number of amides is 1. The Labute approximate surface area is 113 Å². The van der Waals surface area contributed by atoms with Gasteiger partial charge in [0.1, 0.15) is 5.82 Å². The second-order valence-corrected chi connectivity index (χ2v) is 4.97. The molecule has 9 nitrogen and oxygen atoms in total. The van der Waals surface area contributed by atoms with Gasteiger partial charge in [-0.25, -0.2) is 9.78 Å². The fourth-order valence-corrected chi connectivity index (χ4v) is 2.89. The molecule has 2 atom stereocenters. The van der Waals surface area contributed by atoms with E-state index in [1.807, 2.05) is 4.90 Å². The molecule has 3 N–H and O–H groups in total. The van der Waals surface area contributed by atoms with Gasteiger partial charge in [0.25, 0.3) is 0 Å². The maximum atomic E-state index is 10.9. The van der Waals surface area contributed by atoms with Crippen LogP contribution in [0.5, 0.6) is 0 Å². The smallest absolute Gasteiger partial charge is 0.407 e. The van der Waals surface area contributed by atoms with Gasteiger partial charge in [0, 0.05) is 19.2 Å². The summed E-state index contributed by atoms with van der Waals surface area (Å²) in [4.78, 5) is 28.5. The van der Waals surface area contributed by atoms with E-state index in [0.717, 1.165) is 6.42 Å². The number of piperazine rings is 1. The number of nitrogens with zero attached hydrogens (tertiary/aromatic N) is 4. The molecule has 2 fully saturated rings. The molecule has 0 saturated carbocycles. The molecule has 2 aliphatic heterocycles. The summed E-state index contributed by atoms with van der Waals surface area (Å²) >= 11 is 0. The van der Waals surface area contributed by atoms with Gasteiger partial charge < -0.3 is 20.6 Å². The van der Waals surface area contributed by atoms with Gasteiger partial charge in [-0.3, -0.25) is 10.1 Å². The highest BCUT2D eigenvalue weighted by molar-refractivity contribution is 5.67. The van der Waals surface area contributed by atoms with Gasteiger partial charge in [-0.15, -0.1) is 0 Å². The van der Waals surface area contributed by atoms with E-state index in [1.165, 1.54) is 11.0 Å². The van der Waals surface area contributed by atoms with E-state index in [1.54, 1.807) is 6.07 Å². The molecule has 1 aromatic heterocycles. The number of fused-ring (bicyclic) bond motifs is 2. The molecule has 2 aliphatic rings. The fraction of sp³-hybridized carbons (Fsp3) is 0.455. The van der Waals surface area contributed by atoms with E-state index in [0.29, 0.717) is 18.9 Å². The van der Waals surface area contributed by atoms with Crippen LogP contribution in [0.15, 0.2) is 12.1 Å². The van der Waals surface area contributed by atoms with Gasteiger partial charge in [-0.2, -0.15) is 0 Å². The molecular formula is C11H13N5O4. The van der Waals surface area contributed by atoms with Crippen LogP contribution in [0.25, 0.3) is 0 Å². The molecule has 2 bridgehead atoms. The largest absolute Gasteiger partial charge is 0.465 e. The summed E-state index contributed by atoms with van der Waals surface area (Å²) in [5, 5.41) is 19.7. The topological polar surface area (TPSA) is 126 Å². The van der Waals surface area contributed by atoms with Crippen LogP contribution in [0.1, 0.15) is 6.42 Å². The van der Waals surface area contributed by atoms with Gasteiger partial charge in [-0.05, 0) is 12.5 Å². The summed E-state index contributed by atoms with van der Waals surface area (Å²) in [7, 11) is 0. The molecule has 20 heavy (non-hydrogen) atoms. The first-order valence-electron chi connectivity index (χ1n) is 6.14. The average Bonchev–Trinajstić information content (AvgIpc) is 2.38. The summed E-state index contributed by atoms with van der Waals surface area (Å²) in [6.45, 7) is 0.842. The second-order valence-electron chi connectivity index (χ2n) is 4.97. The zero-order valence-corrected chi connectivity index (χ0v) is 10.5. The van der Waals surface area contributed by atoms with Crippen molar-refractivity contribution in [2.24, 2.45) is 0 Å². The van der Waals surface area contributed by atoms with Crippen LogP contribution in [-0.2, 0) is 0 Å². The van der Waals surface area contributed by atoms with Gasteiger partial charge in [-0.1, -0.05) is 0 Å². The predicted octanol–water partition coefficient (Wildman–Crippen LogP) is 0.513. The van der Waals surface area contributed by atoms with E-state index in [2.05, 4.69) is 4.98 Å². The number of pyridine rings is 1. The minimum absolute atomic E-state index is 0.0678. The first-order valence-corrected chi connectivity index (χ1v) is 6.14. The SMILES string of the molecule is Nc1nc(N2[C@@H]3C[C@H]2CN(C(=O)O)C3)ccc1[N+](=O)[O-]. The van der Waals surface area contributed by atoms with E-state index in [-0.39, 0.29) is 23.6 Å². The summed E-state index contributed by atoms with van der Waals surface area (Å²) in [6, 6.07) is 3.03. The van der Waals surface area contributed by atoms with Gasteiger partial charge >= 0.3 is 11.8 Å². The number of likely N-dealkylation sites (tertiary alicyclic amines) is 1. The van der Waals surface area contributed by atoms with Crippen LogP contribution in [0.2, 0.25) is 0 Å². The summed E-state index contributed by atoms with van der Waals surface area (Å²) in [5.74, 6) is 0.451. The molecular weight excluding hydrogens is 266 g/mol. The van der Waals surface area contributed by atoms with E-state index in [4.69, 9.17) is 10.8 Å². The average molecular weight is 279 g/mol. The molecule has 106 valence electrons. The number of hydrogen-bond acceptors (Lipinski definition) is 6. The predicted molar refractivity (Wildman–Crippen MR) is 69.6 cm³/mol. The van der Waals surface area contributed by atoms with Crippen molar-refractivity contribution in [1.82, 2.24) is 9.88 Å². The Morgan fingerprint density at radius 3 is 2.60 bits per heavy atom. The van der Waals surface area contributed by atoms with Crippen molar-refractivity contribution in [2.75, 3.05) is 23.7 Å². The van der Waals surface area contributed by atoms with Crippen LogP contribution >= 0.6 is 0 Å². The first kappa shape index (κ1) is 12.5. The monoisotopic (exact) mass is 279 g/mol. The Morgan fingerprint density at radius 1 is 1.45 bits per heavy atom. The molecule has 3 heterocycles. The Balaban J connectivity index is 1.81. The molecule has 0 aliphatic carbocycles. The van der Waals surface area contributed by atoms with Crippen molar-refractivity contribution >= 4 is 23.4 Å². The van der Waals surface area contributed by atoms with Gasteiger partial charge in [0.05, 0.1) is 17.0 Å². The minimum Gasteiger partial charge on any atom is -0.465 e. The lowest BCUT2D eigenvalue weighted by Gasteiger charge is -2.56. The number of nitrogen functional groups attached to an aromatic ring is 1. The van der Waals surface area contributed by atoms with Crippen LogP contribution in [0, 0.1) is 10.1 Å². The third kappa shape index (κ3) is 1.78. The van der Waals surface area contributed by atoms with E-state index in [9.17, 15) is 14.9 Å². The van der Waals surface area contributed by atoms with Crippen molar-refractivity contribution in [3.8, 4) is 0 Å². The lowest BCUT2D eigenvalue weighted by atomic mass is 9.87. The van der Waals surface area contributed by atoms with Crippen LogP contribution in [0.3, 0.4) is 0 Å². The van der Waals surface area contributed by atoms with Gasteiger partial charge in [0.15, 0.2) is 0 Å². The standard InChI is InChI=1S/C11H13N5O4/c12-10-8(16(19)20)1-2-9(13-10)15-6-3-7(15)5-14(4-6)11(17)18/h1-2,6-7H,3-5H2,(H2,12,13)(H,17,18)/t6-,7+. The number of hydrogen-bond donors (Lipinski definition) is 2. The number of anilines is 2. The summed E-state index contributed by atoms with van der Waals surface area (Å²) in [5.41, 5.74) is 5.36. The third-order valence-corrected chi connectivity index (χ3v) is 3.81. The number of nitro groups is 1. The van der Waals surface area contributed by atoms with Gasteiger partial charge in [0.2, 0.25) is 5.82 Å². The third-order valence-electron chi connectivity index (χ3n) is 3.81. The van der Waals surface area contributed by atoms with Crippen LogP contribution in [0.4, 0.5) is 22.1 Å². The zero-order chi connectivity index (χ0) is 14.4. The molecule has 1 aromatic rings. The number of aromatic nitrogens is 1. The molecule has 2 saturated heterocycles. The molecule has 1 amide bonds. The number of rotatable bonds is 2. The quantitative estimate of drug-likeness (QED) is 0.596. The van der Waals surface area contributed by atoms with Crippen molar-refractivity contribution in [1.29, 1.82) is 0 Å². The highest BCUT2D eigenvalue weighted by Gasteiger charge is 2.46. The molecule has 9 heteroatoms. The first-order chi connectivity index (χ1) is 9.47. The number of carbonyl (C=O) groups is 1. The molecule has 0 radical (unpaired) electrons. The van der Waals surface area contributed by atoms with Crippen molar-refractivity contribution in [2.45, 2.75) is 18.5 Å². The van der Waals surface area contributed by atoms with Crippen molar-refractivity contribution < 1.29 is 14.8 Å². The molecule has 0 unspecified atom stereocenters. The fourth-order valence-electron chi connectivity index (χ4n) is 2.89. The highest BCUT2D eigenvalue weighted by Crippen LogP contribution is 2.37. The van der Waals surface area contributed by atoms with E-state index >= 15 is 0 Å². The number of piperidine rings is 1. The second kappa shape index (κ2) is 4.22. The number of carboxylic acid groups (broad SMARTS) is 1. The Kier molecular flexibility index (Phi) is 2.63. The van der Waals surface area contributed by atoms with Crippen molar-refractivity contribution in [3.63, 3.8) is 0 Å². The van der Waals surface area contributed by atoms with Crippen LogP contribution < -0.4 is 10.6 Å². The highest BCUT2D eigenvalue weighted by atomic mass is 16.6. The summed E-state index contributed by atoms with van der Waals surface area (Å²) in [6.07, 6.45) is -0.0157. The molecule has 0 spiro atoms. The lowest BCUT2D eigenvalue weighted by Crippen LogP contribution is -2.69. The maximum Gasteiger partial charge on any atom is 0.407 e. The van der Waals surface area contributed by atoms with E-state index < -0.39 is 11.0 Å². The van der Waals surface area contributed by atoms with Crippen LogP contribution in [-0.4, -0.2) is 51.2 Å². The summed E-state index contributed by atoms with van der Waals surface area (Å²) < 4.78 is 0. The normalized spacial score (nSPS) is 24.2. The lowest BCUT2D eigenvalue weighted by molar-refractivity contribution is -0.384. The molecule has 0 aromatic carbocycles. The minimum atomic E-state index is -0.921. The Morgan fingerprint density at radius 2 is 2.10 bits per heavy atom. The Hall–Kier alpha value is -2.58. The number of nitrogens with two attached hydrogens (primary N) is 1. The molecule has 3 rings (SSSR count). The van der Waals surface area contributed by atoms with Crippen molar-refractivity contribution in [3.05, 3.63) is 22.2 Å². The zero-order valence-electron chi connectivity index (χ0n) is 10.5.